The number of thioether (sulfide) groups is 1. The molecule has 0 aliphatic heterocycles. The third-order valence-electron chi connectivity index (χ3n) is 3.26. The lowest BCUT2D eigenvalue weighted by Crippen LogP contribution is -2.27. The van der Waals surface area contributed by atoms with Crippen LogP contribution < -0.4 is 5.32 Å². The minimum absolute atomic E-state index is 0.180. The van der Waals surface area contributed by atoms with Gasteiger partial charge in [-0.1, -0.05) is 19.1 Å². The Morgan fingerprint density at radius 1 is 1.32 bits per heavy atom. The van der Waals surface area contributed by atoms with Gasteiger partial charge >= 0.3 is 5.97 Å². The van der Waals surface area contributed by atoms with Gasteiger partial charge in [-0.15, -0.1) is 23.1 Å². The summed E-state index contributed by atoms with van der Waals surface area (Å²) in [6.45, 7) is 4.61. The molecule has 7 heteroatoms. The first-order valence-electron chi connectivity index (χ1n) is 8.16. The van der Waals surface area contributed by atoms with Gasteiger partial charge in [-0.25, -0.2) is 4.98 Å². The summed E-state index contributed by atoms with van der Waals surface area (Å²) in [5, 5.41) is 5.86. The lowest BCUT2D eigenvalue weighted by molar-refractivity contribution is -0.143. The van der Waals surface area contributed by atoms with Crippen molar-refractivity contribution in [2.75, 3.05) is 13.2 Å². The number of rotatable bonds is 9. The summed E-state index contributed by atoms with van der Waals surface area (Å²) < 4.78 is 4.99. The average Bonchev–Trinajstić information content (AvgIpc) is 3.03. The number of thiazole rings is 1. The molecule has 0 atom stereocenters. The van der Waals surface area contributed by atoms with E-state index in [1.165, 1.54) is 0 Å². The highest BCUT2D eigenvalue weighted by Gasteiger charge is 2.12. The monoisotopic (exact) mass is 378 g/mol. The molecular weight excluding hydrogens is 356 g/mol. The molecule has 0 bridgehead atoms. The van der Waals surface area contributed by atoms with Crippen LogP contribution in [0.5, 0.6) is 0 Å². The number of nitrogens with zero attached hydrogens (tertiary/aromatic N) is 1. The number of aromatic nitrogens is 1. The van der Waals surface area contributed by atoms with Gasteiger partial charge in [0.25, 0.3) is 5.91 Å². The van der Waals surface area contributed by atoms with E-state index in [1.54, 1.807) is 29.2 Å². The molecule has 2 aromatic rings. The zero-order valence-corrected chi connectivity index (χ0v) is 16.0. The Balaban J connectivity index is 1.87. The van der Waals surface area contributed by atoms with Crippen LogP contribution in [0.2, 0.25) is 0 Å². The van der Waals surface area contributed by atoms with Gasteiger partial charge in [-0.2, -0.15) is 0 Å². The molecule has 1 aromatic heterocycles. The van der Waals surface area contributed by atoms with Crippen molar-refractivity contribution in [1.29, 1.82) is 0 Å². The molecule has 0 aliphatic carbocycles. The van der Waals surface area contributed by atoms with Gasteiger partial charge in [0.2, 0.25) is 0 Å². The number of carbonyl (C=O) groups is 2. The highest BCUT2D eigenvalue weighted by molar-refractivity contribution is 7.98. The maximum Gasteiger partial charge on any atom is 0.307 e. The molecule has 0 radical (unpaired) electrons. The molecule has 134 valence electrons. The number of amides is 1. The van der Waals surface area contributed by atoms with Gasteiger partial charge in [-0.05, 0) is 25.5 Å². The van der Waals surface area contributed by atoms with E-state index in [4.69, 9.17) is 4.74 Å². The van der Waals surface area contributed by atoms with Crippen LogP contribution in [0.15, 0.2) is 34.5 Å². The van der Waals surface area contributed by atoms with Crippen LogP contribution in [0.25, 0.3) is 0 Å². The molecule has 0 spiro atoms. The van der Waals surface area contributed by atoms with E-state index >= 15 is 0 Å². The predicted molar refractivity (Wildman–Crippen MR) is 101 cm³/mol. The van der Waals surface area contributed by atoms with Crippen molar-refractivity contribution >= 4 is 35.0 Å². The third-order valence-corrected chi connectivity index (χ3v) is 5.19. The second-order valence-electron chi connectivity index (χ2n) is 5.37. The predicted octanol–water partition coefficient (Wildman–Crippen LogP) is 3.82. The smallest absolute Gasteiger partial charge is 0.307 e. The molecule has 0 unspecified atom stereocenters. The molecule has 1 aromatic carbocycles. The van der Waals surface area contributed by atoms with E-state index in [9.17, 15) is 9.59 Å². The Kier molecular flexibility index (Phi) is 7.94. The Labute approximate surface area is 156 Å². The van der Waals surface area contributed by atoms with E-state index in [0.717, 1.165) is 27.8 Å². The van der Waals surface area contributed by atoms with E-state index in [2.05, 4.69) is 10.3 Å². The van der Waals surface area contributed by atoms with Crippen molar-refractivity contribution in [2.24, 2.45) is 0 Å². The molecule has 1 heterocycles. The fourth-order valence-corrected chi connectivity index (χ4v) is 3.73. The summed E-state index contributed by atoms with van der Waals surface area (Å²) in [5.74, 6) is 0.252. The summed E-state index contributed by atoms with van der Waals surface area (Å²) >= 11 is 3.21. The van der Waals surface area contributed by atoms with E-state index < -0.39 is 0 Å². The first kappa shape index (κ1) is 19.5. The van der Waals surface area contributed by atoms with Gasteiger partial charge in [0.05, 0.1) is 29.3 Å². The summed E-state index contributed by atoms with van der Waals surface area (Å²) in [7, 11) is 0. The molecule has 0 saturated carbocycles. The van der Waals surface area contributed by atoms with Crippen molar-refractivity contribution < 1.29 is 14.3 Å². The minimum atomic E-state index is -0.288. The molecule has 0 saturated heterocycles. The number of aryl methyl sites for hydroxylation is 1. The number of hydrogen-bond donors (Lipinski definition) is 1. The second kappa shape index (κ2) is 10.2. The van der Waals surface area contributed by atoms with Crippen molar-refractivity contribution in [3.8, 4) is 0 Å². The van der Waals surface area contributed by atoms with Crippen LogP contribution in [-0.2, 0) is 15.3 Å². The molecule has 5 nitrogen and oxygen atoms in total. The summed E-state index contributed by atoms with van der Waals surface area (Å²) in [4.78, 5) is 29.2. The first-order valence-corrected chi connectivity index (χ1v) is 10.0. The molecule has 0 fully saturated rings. The Morgan fingerprint density at radius 3 is 2.84 bits per heavy atom. The quantitative estimate of drug-likeness (QED) is 0.531. The highest BCUT2D eigenvalue weighted by Crippen LogP contribution is 2.26. The molecule has 0 aliphatic rings. The number of ether oxygens (including phenoxy) is 1. The Morgan fingerprint density at radius 2 is 2.12 bits per heavy atom. The Bertz CT molecular complexity index is 716. The summed E-state index contributed by atoms with van der Waals surface area (Å²) in [5.41, 5.74) is 1.63. The third kappa shape index (κ3) is 6.51. The molecule has 25 heavy (non-hydrogen) atoms. The van der Waals surface area contributed by atoms with E-state index in [0.29, 0.717) is 12.2 Å². The number of esters is 1. The number of carbonyl (C=O) groups excluding carboxylic acids is 2. The topological polar surface area (TPSA) is 68.3 Å². The highest BCUT2D eigenvalue weighted by atomic mass is 32.2. The number of benzene rings is 1. The molecule has 2 rings (SSSR count). The summed E-state index contributed by atoms with van der Waals surface area (Å²) in [6, 6.07) is 7.46. The fourth-order valence-electron chi connectivity index (χ4n) is 2.07. The van der Waals surface area contributed by atoms with Gasteiger partial charge in [0.1, 0.15) is 0 Å². The average molecular weight is 379 g/mol. The van der Waals surface area contributed by atoms with Crippen molar-refractivity contribution in [3.05, 3.63) is 45.9 Å². The van der Waals surface area contributed by atoms with Crippen molar-refractivity contribution in [1.82, 2.24) is 10.3 Å². The SMILES string of the molecule is CCCOC(=O)CCNC(=O)c1ccccc1SCc1csc(C)n1. The molecular formula is C18H22N2O3S2. The molecule has 1 amide bonds. The normalized spacial score (nSPS) is 10.5. The fraction of sp³-hybridized carbons (Fsp3) is 0.389. The lowest BCUT2D eigenvalue weighted by atomic mass is 10.2. The second-order valence-corrected chi connectivity index (χ2v) is 7.45. The summed E-state index contributed by atoms with van der Waals surface area (Å²) in [6.07, 6.45) is 0.973. The maximum absolute atomic E-state index is 12.4. The number of nitrogens with one attached hydrogen (secondary N) is 1. The van der Waals surface area contributed by atoms with Crippen LogP contribution in [0.3, 0.4) is 0 Å². The van der Waals surface area contributed by atoms with E-state index in [1.807, 2.05) is 37.4 Å². The largest absolute Gasteiger partial charge is 0.466 e. The molecule has 1 N–H and O–H groups in total. The Hall–Kier alpha value is -1.86. The maximum atomic E-state index is 12.4. The van der Waals surface area contributed by atoms with Gasteiger partial charge in [0.15, 0.2) is 0 Å². The van der Waals surface area contributed by atoms with Crippen LogP contribution in [0, 0.1) is 6.92 Å². The zero-order valence-electron chi connectivity index (χ0n) is 14.4. The van der Waals surface area contributed by atoms with Crippen LogP contribution in [0.1, 0.15) is 40.8 Å². The van der Waals surface area contributed by atoms with Gasteiger partial charge in [-0.3, -0.25) is 9.59 Å². The van der Waals surface area contributed by atoms with Crippen molar-refractivity contribution in [2.45, 2.75) is 37.3 Å². The zero-order chi connectivity index (χ0) is 18.1. The van der Waals surface area contributed by atoms with Crippen LogP contribution in [-0.4, -0.2) is 30.0 Å². The van der Waals surface area contributed by atoms with Crippen LogP contribution >= 0.6 is 23.1 Å². The lowest BCUT2D eigenvalue weighted by Gasteiger charge is -2.09. The van der Waals surface area contributed by atoms with Crippen molar-refractivity contribution in [3.63, 3.8) is 0 Å². The minimum Gasteiger partial charge on any atom is -0.466 e. The van der Waals surface area contributed by atoms with Gasteiger partial charge in [0, 0.05) is 22.6 Å². The van der Waals surface area contributed by atoms with Gasteiger partial charge < -0.3 is 10.1 Å². The van der Waals surface area contributed by atoms with Crippen LogP contribution in [0.4, 0.5) is 0 Å². The first-order chi connectivity index (χ1) is 12.1. The number of hydrogen-bond acceptors (Lipinski definition) is 6. The van der Waals surface area contributed by atoms with E-state index in [-0.39, 0.29) is 24.8 Å². The standard InChI is InChI=1S/C18H22N2O3S2/c1-3-10-23-17(21)8-9-19-18(22)15-6-4-5-7-16(15)25-12-14-11-24-13(2)20-14/h4-7,11H,3,8-10,12H2,1-2H3,(H,19,22).